The molecule has 0 radical (unpaired) electrons. The number of fused-ring (bicyclic) bond motifs is 4. The Bertz CT molecular complexity index is 1230. The number of pyridine rings is 1. The van der Waals surface area contributed by atoms with E-state index < -0.39 is 0 Å². The fraction of sp³-hybridized carbons (Fsp3) is 0.258. The number of benzene rings is 3. The van der Waals surface area contributed by atoms with Crippen LogP contribution in [0.25, 0.3) is 38.7 Å². The van der Waals surface area contributed by atoms with Crippen LogP contribution in [-0.2, 0) is 6.54 Å². The molecule has 0 unspecified atom stereocenters. The standard InChI is InChI=1S/C27H22N.2C2H6/c1-3-8-19(9-4-1)21-14-15-26-25(16-21)24(20-10-5-2-6-11-20)17-27-23-13-7-12-22(23)18-28(26)27;2*1-2/h1-6,8-11,14-17H,7,12-13,18H2;2*1-2H3/q+1;;. The maximum Gasteiger partial charge on any atom is 0.213 e. The van der Waals surface area contributed by atoms with Crippen molar-refractivity contribution < 1.29 is 4.57 Å². The van der Waals surface area contributed by atoms with Gasteiger partial charge in [0.25, 0.3) is 0 Å². The molecule has 3 aromatic carbocycles. The predicted octanol–water partition coefficient (Wildman–Crippen LogP) is 8.46. The number of rotatable bonds is 2. The largest absolute Gasteiger partial charge is 0.213 e. The first-order valence-electron chi connectivity index (χ1n) is 12.2. The second-order valence-electron chi connectivity index (χ2n) is 7.93. The van der Waals surface area contributed by atoms with E-state index in [9.17, 15) is 0 Å². The Morgan fingerprint density at radius 1 is 0.625 bits per heavy atom. The van der Waals surface area contributed by atoms with Crippen LogP contribution in [0.5, 0.6) is 0 Å². The van der Waals surface area contributed by atoms with Crippen molar-refractivity contribution in [2.45, 2.75) is 53.5 Å². The summed E-state index contributed by atoms with van der Waals surface area (Å²) in [5.74, 6) is 0. The summed E-state index contributed by atoms with van der Waals surface area (Å²) >= 11 is 0. The highest BCUT2D eigenvalue weighted by atomic mass is 15.0. The highest BCUT2D eigenvalue weighted by Gasteiger charge is 2.34. The van der Waals surface area contributed by atoms with Crippen molar-refractivity contribution in [3.05, 3.63) is 96.2 Å². The molecule has 0 N–H and O–H groups in total. The van der Waals surface area contributed by atoms with E-state index in [0.29, 0.717) is 0 Å². The Balaban J connectivity index is 0.000000582. The lowest BCUT2D eigenvalue weighted by atomic mass is 9.95. The van der Waals surface area contributed by atoms with Crippen molar-refractivity contribution >= 4 is 16.5 Å². The quantitative estimate of drug-likeness (QED) is 0.286. The van der Waals surface area contributed by atoms with Gasteiger partial charge in [-0.05, 0) is 48.1 Å². The highest BCUT2D eigenvalue weighted by molar-refractivity contribution is 5.97. The molecule has 2 heterocycles. The molecule has 0 atom stereocenters. The second kappa shape index (κ2) is 9.96. The lowest BCUT2D eigenvalue weighted by molar-refractivity contribution is -0.660. The summed E-state index contributed by atoms with van der Waals surface area (Å²) in [7, 11) is 0. The Kier molecular flexibility index (Phi) is 6.85. The molecular formula is C31H34N+. The smallest absolute Gasteiger partial charge is 0.187 e. The van der Waals surface area contributed by atoms with Crippen LogP contribution in [0.4, 0.5) is 0 Å². The van der Waals surface area contributed by atoms with Crippen molar-refractivity contribution in [1.82, 2.24) is 0 Å². The SMILES string of the molecule is CC.CC.c1ccc(-c2ccc3c(c2)c(-c2ccccc2)cc2[n+]3CC3=C2CCC3)cc1. The van der Waals surface area contributed by atoms with E-state index in [2.05, 4.69) is 89.5 Å². The molecule has 32 heavy (non-hydrogen) atoms. The Morgan fingerprint density at radius 3 is 1.97 bits per heavy atom. The molecule has 0 saturated heterocycles. The summed E-state index contributed by atoms with van der Waals surface area (Å²) < 4.78 is 2.54. The van der Waals surface area contributed by atoms with Gasteiger partial charge in [-0.15, -0.1) is 0 Å². The topological polar surface area (TPSA) is 3.88 Å². The normalized spacial score (nSPS) is 13.6. The van der Waals surface area contributed by atoms with Crippen molar-refractivity contribution in [3.63, 3.8) is 0 Å². The van der Waals surface area contributed by atoms with Gasteiger partial charge >= 0.3 is 0 Å². The zero-order valence-corrected chi connectivity index (χ0v) is 19.9. The van der Waals surface area contributed by atoms with Crippen molar-refractivity contribution in [2.24, 2.45) is 0 Å². The predicted molar refractivity (Wildman–Crippen MR) is 138 cm³/mol. The average molecular weight is 421 g/mol. The molecule has 0 saturated carbocycles. The second-order valence-corrected chi connectivity index (χ2v) is 7.93. The van der Waals surface area contributed by atoms with E-state index in [1.807, 2.05) is 27.7 Å². The molecule has 1 nitrogen and oxygen atoms in total. The maximum absolute atomic E-state index is 2.54. The van der Waals surface area contributed by atoms with E-state index in [-0.39, 0.29) is 0 Å². The summed E-state index contributed by atoms with van der Waals surface area (Å²) in [6.45, 7) is 9.07. The van der Waals surface area contributed by atoms with Crippen LogP contribution in [0.15, 0.2) is 90.5 Å². The monoisotopic (exact) mass is 420 g/mol. The lowest BCUT2D eigenvalue weighted by Crippen LogP contribution is -2.36. The molecule has 1 heteroatoms. The van der Waals surface area contributed by atoms with Gasteiger partial charge in [0.05, 0.1) is 5.39 Å². The van der Waals surface area contributed by atoms with E-state index >= 15 is 0 Å². The molecule has 1 aromatic heterocycles. The molecule has 0 bridgehead atoms. The van der Waals surface area contributed by atoms with Gasteiger partial charge in [-0.25, -0.2) is 0 Å². The van der Waals surface area contributed by atoms with Gasteiger partial charge < -0.3 is 0 Å². The van der Waals surface area contributed by atoms with E-state index in [4.69, 9.17) is 0 Å². The minimum atomic E-state index is 1.07. The van der Waals surface area contributed by atoms with Crippen molar-refractivity contribution in [1.29, 1.82) is 0 Å². The maximum atomic E-state index is 2.54. The van der Waals surface area contributed by atoms with Crippen molar-refractivity contribution in [3.8, 4) is 22.3 Å². The summed E-state index contributed by atoms with van der Waals surface area (Å²) in [6.07, 6.45) is 3.81. The fourth-order valence-corrected chi connectivity index (χ4v) is 4.98. The molecule has 4 aromatic rings. The van der Waals surface area contributed by atoms with Gasteiger partial charge in [-0.2, -0.15) is 4.57 Å². The van der Waals surface area contributed by atoms with Gasteiger partial charge in [0.1, 0.15) is 0 Å². The van der Waals surface area contributed by atoms with Crippen LogP contribution in [-0.4, -0.2) is 0 Å². The lowest BCUT2D eigenvalue weighted by Gasteiger charge is -2.11. The van der Waals surface area contributed by atoms with Crippen LogP contribution in [0.1, 0.15) is 52.7 Å². The molecule has 1 aliphatic carbocycles. The number of nitrogens with zero attached hydrogens (tertiary/aromatic N) is 1. The Hall–Kier alpha value is -3.19. The van der Waals surface area contributed by atoms with Gasteiger partial charge in [-0.1, -0.05) is 88.4 Å². The van der Waals surface area contributed by atoms with Gasteiger partial charge in [0.2, 0.25) is 11.2 Å². The van der Waals surface area contributed by atoms with E-state index in [1.165, 1.54) is 58.1 Å². The van der Waals surface area contributed by atoms with Gasteiger partial charge in [0, 0.05) is 28.8 Å². The van der Waals surface area contributed by atoms with Crippen LogP contribution < -0.4 is 4.57 Å². The van der Waals surface area contributed by atoms with Crippen LogP contribution in [0.2, 0.25) is 0 Å². The Morgan fingerprint density at radius 2 is 1.28 bits per heavy atom. The molecular weight excluding hydrogens is 386 g/mol. The third kappa shape index (κ3) is 3.88. The number of hydrogen-bond donors (Lipinski definition) is 0. The third-order valence-electron chi connectivity index (χ3n) is 6.33. The van der Waals surface area contributed by atoms with E-state index in [0.717, 1.165) is 6.54 Å². The summed E-state index contributed by atoms with van der Waals surface area (Å²) in [4.78, 5) is 0. The van der Waals surface area contributed by atoms with Gasteiger partial charge in [0.15, 0.2) is 6.54 Å². The molecule has 162 valence electrons. The molecule has 2 aliphatic rings. The van der Waals surface area contributed by atoms with E-state index in [1.54, 1.807) is 11.1 Å². The molecule has 0 fully saturated rings. The summed E-state index contributed by atoms with van der Waals surface area (Å²) in [5.41, 5.74) is 11.2. The number of allylic oxidation sites excluding steroid dienone is 2. The number of hydrogen-bond acceptors (Lipinski definition) is 0. The minimum absolute atomic E-state index is 1.07. The molecule has 6 rings (SSSR count). The average Bonchev–Trinajstić information content (AvgIpc) is 3.49. The highest BCUT2D eigenvalue weighted by Crippen LogP contribution is 2.40. The molecule has 1 aliphatic heterocycles. The summed E-state index contributed by atoms with van der Waals surface area (Å²) in [5, 5.41) is 1.34. The van der Waals surface area contributed by atoms with Gasteiger partial charge in [-0.3, -0.25) is 0 Å². The first kappa shape index (κ1) is 22.0. The molecule has 0 spiro atoms. The third-order valence-corrected chi connectivity index (χ3v) is 6.33. The first-order valence-corrected chi connectivity index (χ1v) is 12.2. The first-order chi connectivity index (χ1) is 15.9. The minimum Gasteiger partial charge on any atom is -0.187 e. The zero-order chi connectivity index (χ0) is 22.5. The van der Waals surface area contributed by atoms with Crippen molar-refractivity contribution in [2.75, 3.05) is 0 Å². The van der Waals surface area contributed by atoms with Crippen LogP contribution in [0, 0.1) is 0 Å². The van der Waals surface area contributed by atoms with Crippen LogP contribution >= 0.6 is 0 Å². The zero-order valence-electron chi connectivity index (χ0n) is 19.9. The molecule has 0 amide bonds. The summed E-state index contributed by atoms with van der Waals surface area (Å²) in [6, 6.07) is 31.0. The fourth-order valence-electron chi connectivity index (χ4n) is 4.98. The Labute approximate surface area is 193 Å². The number of aromatic nitrogens is 1. The van der Waals surface area contributed by atoms with Crippen LogP contribution in [0.3, 0.4) is 0 Å².